The third-order valence-electron chi connectivity index (χ3n) is 0.875. The molecular weight excluding hydrogens is 205 g/mol. The van der Waals surface area contributed by atoms with Crippen molar-refractivity contribution < 1.29 is 8.78 Å². The van der Waals surface area contributed by atoms with Crippen molar-refractivity contribution in [3.05, 3.63) is 35.9 Å². The van der Waals surface area contributed by atoms with Crippen LogP contribution in [0.2, 0.25) is 0 Å². The molecule has 0 bridgehead atoms. The Balaban J connectivity index is 0.000000261. The molecule has 0 heterocycles. The van der Waals surface area contributed by atoms with Crippen LogP contribution in [0.25, 0.3) is 0 Å². The van der Waals surface area contributed by atoms with Crippen molar-refractivity contribution in [2.75, 3.05) is 11.8 Å². The average molecular weight is 213 g/mol. The molecule has 0 nitrogen and oxygen atoms in total. The quantitative estimate of drug-likeness (QED) is 0.627. The van der Waals surface area contributed by atoms with Gasteiger partial charge in [0.15, 0.2) is 0 Å². The highest BCUT2D eigenvalue weighted by Gasteiger charge is 1.86. The smallest absolute Gasteiger partial charge is 0.123 e. The van der Waals surface area contributed by atoms with Crippen LogP contribution in [-0.2, 0) is 0 Å². The molecule has 1 aromatic rings. The summed E-state index contributed by atoms with van der Waals surface area (Å²) >= 11 is 10.1. The van der Waals surface area contributed by atoms with Crippen LogP contribution in [0.5, 0.6) is 0 Å². The first kappa shape index (κ1) is 11.7. The minimum absolute atomic E-state index is 0.411. The molecule has 68 valence electrons. The zero-order valence-corrected chi connectivity index (χ0v) is 7.75. The molecule has 0 unspecified atom stereocenters. The predicted molar refractivity (Wildman–Crippen MR) is 47.8 cm³/mol. The molecule has 0 aliphatic heterocycles. The molecule has 0 saturated heterocycles. The van der Waals surface area contributed by atoms with E-state index in [9.17, 15) is 8.78 Å². The van der Waals surface area contributed by atoms with Crippen molar-refractivity contribution in [2.24, 2.45) is 0 Å². The lowest BCUT2D eigenvalue weighted by atomic mass is 10.3. The summed E-state index contributed by atoms with van der Waals surface area (Å²) in [6, 6.07) is 4.31. The second-order valence-electron chi connectivity index (χ2n) is 1.81. The summed E-state index contributed by atoms with van der Waals surface area (Å²) in [4.78, 5) is 0. The topological polar surface area (TPSA) is 0 Å². The summed E-state index contributed by atoms with van der Waals surface area (Å²) in [6.07, 6.45) is 0. The standard InChI is InChI=1S/C6H4F2.C2H4Cl2/c7-5-1-2-6(8)4-3-5;3-1-2-4/h1-4H;1-2H2. The normalized spacial score (nSPS) is 8.67. The van der Waals surface area contributed by atoms with E-state index in [4.69, 9.17) is 23.2 Å². The zero-order valence-electron chi connectivity index (χ0n) is 6.24. The Hall–Kier alpha value is -0.340. The molecule has 0 aliphatic carbocycles. The number of hydrogen-bond donors (Lipinski definition) is 0. The van der Waals surface area contributed by atoms with Crippen LogP contribution in [-0.4, -0.2) is 11.8 Å². The van der Waals surface area contributed by atoms with E-state index < -0.39 is 11.6 Å². The second-order valence-corrected chi connectivity index (χ2v) is 2.57. The molecule has 0 saturated carbocycles. The maximum Gasteiger partial charge on any atom is 0.123 e. The van der Waals surface area contributed by atoms with Gasteiger partial charge in [0.1, 0.15) is 11.6 Å². The SMILES string of the molecule is ClCCCl.Fc1ccc(F)cc1. The van der Waals surface area contributed by atoms with E-state index >= 15 is 0 Å². The van der Waals surface area contributed by atoms with Gasteiger partial charge < -0.3 is 0 Å². The van der Waals surface area contributed by atoms with E-state index in [2.05, 4.69) is 0 Å². The summed E-state index contributed by atoms with van der Waals surface area (Å²) < 4.78 is 23.8. The van der Waals surface area contributed by atoms with Gasteiger partial charge in [0.2, 0.25) is 0 Å². The number of halogens is 4. The van der Waals surface area contributed by atoms with E-state index in [1.165, 1.54) is 0 Å². The molecule has 12 heavy (non-hydrogen) atoms. The van der Waals surface area contributed by atoms with Gasteiger partial charge in [-0.3, -0.25) is 0 Å². The highest BCUT2D eigenvalue weighted by atomic mass is 35.5. The number of rotatable bonds is 1. The van der Waals surface area contributed by atoms with Crippen molar-refractivity contribution in [3.8, 4) is 0 Å². The molecule has 1 aromatic carbocycles. The average Bonchev–Trinajstić information content (AvgIpc) is 2.11. The number of hydrogen-bond acceptors (Lipinski definition) is 0. The minimum Gasteiger partial charge on any atom is -0.207 e. The van der Waals surface area contributed by atoms with E-state index in [0.29, 0.717) is 11.8 Å². The monoisotopic (exact) mass is 212 g/mol. The Morgan fingerprint density at radius 3 is 1.25 bits per heavy atom. The van der Waals surface area contributed by atoms with Crippen LogP contribution in [0.1, 0.15) is 0 Å². The van der Waals surface area contributed by atoms with Crippen LogP contribution in [0, 0.1) is 11.6 Å². The fraction of sp³-hybridized carbons (Fsp3) is 0.250. The van der Waals surface area contributed by atoms with Gasteiger partial charge >= 0.3 is 0 Å². The molecule has 0 radical (unpaired) electrons. The van der Waals surface area contributed by atoms with E-state index in [0.717, 1.165) is 24.3 Å². The van der Waals surface area contributed by atoms with Crippen LogP contribution in [0.15, 0.2) is 24.3 Å². The molecule has 0 N–H and O–H groups in total. The highest BCUT2D eigenvalue weighted by molar-refractivity contribution is 6.25. The molecule has 0 amide bonds. The molecule has 0 spiro atoms. The van der Waals surface area contributed by atoms with Gasteiger partial charge in [-0.25, -0.2) is 8.78 Å². The fourth-order valence-corrected chi connectivity index (χ4v) is 0.430. The van der Waals surface area contributed by atoms with Gasteiger partial charge in [0.25, 0.3) is 0 Å². The molecular formula is C8H8Cl2F2. The molecule has 0 fully saturated rings. The summed E-state index contributed by atoms with van der Waals surface area (Å²) in [7, 11) is 0. The first-order valence-electron chi connectivity index (χ1n) is 3.23. The van der Waals surface area contributed by atoms with Crippen molar-refractivity contribution in [3.63, 3.8) is 0 Å². The first-order valence-corrected chi connectivity index (χ1v) is 4.30. The Kier molecular flexibility index (Phi) is 7.11. The fourth-order valence-electron chi connectivity index (χ4n) is 0.430. The molecule has 1 rings (SSSR count). The van der Waals surface area contributed by atoms with Gasteiger partial charge in [-0.15, -0.1) is 23.2 Å². The minimum atomic E-state index is -0.411. The van der Waals surface area contributed by atoms with E-state index in [-0.39, 0.29) is 0 Å². The largest absolute Gasteiger partial charge is 0.207 e. The van der Waals surface area contributed by atoms with Gasteiger partial charge in [-0.1, -0.05) is 0 Å². The van der Waals surface area contributed by atoms with Gasteiger partial charge in [-0.05, 0) is 24.3 Å². The Morgan fingerprint density at radius 1 is 0.833 bits per heavy atom. The van der Waals surface area contributed by atoms with Gasteiger partial charge in [0.05, 0.1) is 0 Å². The summed E-state index contributed by atoms with van der Waals surface area (Å²) in [5.41, 5.74) is 0. The lowest BCUT2D eigenvalue weighted by Crippen LogP contribution is -1.72. The van der Waals surface area contributed by atoms with Gasteiger partial charge in [0, 0.05) is 11.8 Å². The maximum atomic E-state index is 11.9. The maximum absolute atomic E-state index is 11.9. The Morgan fingerprint density at radius 2 is 1.08 bits per heavy atom. The predicted octanol–water partition coefficient (Wildman–Crippen LogP) is 3.43. The summed E-state index contributed by atoms with van der Waals surface area (Å²) in [5.74, 6) is 0.293. The zero-order chi connectivity index (χ0) is 9.40. The van der Waals surface area contributed by atoms with Crippen molar-refractivity contribution >= 4 is 23.2 Å². The van der Waals surface area contributed by atoms with E-state index in [1.54, 1.807) is 0 Å². The third-order valence-corrected chi connectivity index (χ3v) is 1.45. The van der Waals surface area contributed by atoms with Crippen molar-refractivity contribution in [1.29, 1.82) is 0 Å². The summed E-state index contributed by atoms with van der Waals surface area (Å²) in [5, 5.41) is 0. The molecule has 0 aromatic heterocycles. The van der Waals surface area contributed by atoms with Crippen LogP contribution < -0.4 is 0 Å². The van der Waals surface area contributed by atoms with Crippen molar-refractivity contribution in [2.45, 2.75) is 0 Å². The van der Waals surface area contributed by atoms with Crippen molar-refractivity contribution in [1.82, 2.24) is 0 Å². The Labute approximate surface area is 80.1 Å². The van der Waals surface area contributed by atoms with Crippen LogP contribution >= 0.6 is 23.2 Å². The third kappa shape index (κ3) is 6.38. The summed E-state index contributed by atoms with van der Waals surface area (Å²) in [6.45, 7) is 0. The highest BCUT2D eigenvalue weighted by Crippen LogP contribution is 1.98. The molecule has 0 atom stereocenters. The second kappa shape index (κ2) is 7.32. The molecule has 0 aliphatic rings. The lowest BCUT2D eigenvalue weighted by molar-refractivity contribution is 0.600. The lowest BCUT2D eigenvalue weighted by Gasteiger charge is -1.83. The Bertz CT molecular complexity index is 176. The number of alkyl halides is 2. The van der Waals surface area contributed by atoms with E-state index in [1.807, 2.05) is 0 Å². The van der Waals surface area contributed by atoms with Gasteiger partial charge in [-0.2, -0.15) is 0 Å². The number of benzene rings is 1. The molecule has 4 heteroatoms. The van der Waals surface area contributed by atoms with Crippen LogP contribution in [0.4, 0.5) is 8.78 Å². The first-order chi connectivity index (χ1) is 5.70. The van der Waals surface area contributed by atoms with Crippen LogP contribution in [0.3, 0.4) is 0 Å².